The highest BCUT2D eigenvalue weighted by molar-refractivity contribution is 8.13. The quantitative estimate of drug-likeness (QED) is 0.812. The fourth-order valence-electron chi connectivity index (χ4n) is 1.70. The Kier molecular flexibility index (Phi) is 7.01. The summed E-state index contributed by atoms with van der Waals surface area (Å²) in [5, 5.41) is 18.9. The summed E-state index contributed by atoms with van der Waals surface area (Å²) in [4.78, 5) is 10.8. The van der Waals surface area contributed by atoms with Gasteiger partial charge in [0.05, 0.1) is 11.7 Å². The largest absolute Gasteiger partial charge is 0.416 e. The molecular formula is C13H13Cl2F3O3S. The minimum Gasteiger partial charge on any atom is -0.390 e. The van der Waals surface area contributed by atoms with Gasteiger partial charge in [-0.2, -0.15) is 13.2 Å². The van der Waals surface area contributed by atoms with Crippen LogP contribution in [0.4, 0.5) is 13.2 Å². The van der Waals surface area contributed by atoms with Crippen molar-refractivity contribution in [1.29, 1.82) is 0 Å². The van der Waals surface area contributed by atoms with Gasteiger partial charge in [0.25, 0.3) is 0 Å². The molecule has 0 aliphatic heterocycles. The van der Waals surface area contributed by atoms with Crippen molar-refractivity contribution in [3.05, 3.63) is 33.3 Å². The van der Waals surface area contributed by atoms with Gasteiger partial charge in [-0.15, -0.1) is 0 Å². The molecule has 3 nitrogen and oxygen atoms in total. The van der Waals surface area contributed by atoms with E-state index in [0.717, 1.165) is 11.8 Å². The molecule has 0 saturated carbocycles. The number of rotatable bonds is 5. The van der Waals surface area contributed by atoms with Crippen molar-refractivity contribution >= 4 is 40.1 Å². The van der Waals surface area contributed by atoms with Crippen molar-refractivity contribution < 1.29 is 28.2 Å². The van der Waals surface area contributed by atoms with Crippen LogP contribution in [0.15, 0.2) is 12.1 Å². The molecule has 0 aromatic heterocycles. The normalized spacial score (nSPS) is 14.7. The summed E-state index contributed by atoms with van der Waals surface area (Å²) in [6, 6.07) is 1.28. The smallest absolute Gasteiger partial charge is 0.390 e. The summed E-state index contributed by atoms with van der Waals surface area (Å²) in [6.45, 7) is 1.36. The first-order valence-corrected chi connectivity index (χ1v) is 7.83. The van der Waals surface area contributed by atoms with E-state index in [-0.39, 0.29) is 32.9 Å². The first-order valence-electron chi connectivity index (χ1n) is 6.09. The van der Waals surface area contributed by atoms with E-state index in [2.05, 4.69) is 0 Å². The molecule has 2 N–H and O–H groups in total. The van der Waals surface area contributed by atoms with Crippen LogP contribution in [0.25, 0.3) is 0 Å². The number of aliphatic hydroxyl groups is 2. The molecule has 0 amide bonds. The minimum absolute atomic E-state index is 0.0547. The third kappa shape index (κ3) is 5.31. The SMILES string of the molecule is CC(=O)SCCC(O)C(O)c1c(Cl)cc(C(F)(F)F)cc1Cl. The topological polar surface area (TPSA) is 57.5 Å². The molecule has 2 unspecified atom stereocenters. The van der Waals surface area contributed by atoms with Crippen LogP contribution in [0.1, 0.15) is 30.6 Å². The van der Waals surface area contributed by atoms with Gasteiger partial charge >= 0.3 is 6.18 Å². The third-order valence-electron chi connectivity index (χ3n) is 2.79. The lowest BCUT2D eigenvalue weighted by Gasteiger charge is -2.21. The van der Waals surface area contributed by atoms with Crippen LogP contribution >= 0.6 is 35.0 Å². The van der Waals surface area contributed by atoms with Gasteiger partial charge in [-0.05, 0) is 18.6 Å². The van der Waals surface area contributed by atoms with Crippen LogP contribution in [0.2, 0.25) is 10.0 Å². The molecule has 0 spiro atoms. The Hall–Kier alpha value is -0.470. The second-order valence-corrected chi connectivity index (χ2v) is 6.58. The molecule has 0 heterocycles. The number of aliphatic hydroxyl groups excluding tert-OH is 2. The third-order valence-corrected chi connectivity index (χ3v) is 4.26. The van der Waals surface area contributed by atoms with E-state index in [4.69, 9.17) is 23.2 Å². The zero-order chi connectivity index (χ0) is 17.1. The summed E-state index contributed by atoms with van der Waals surface area (Å²) < 4.78 is 37.9. The molecule has 0 radical (unpaired) electrons. The summed E-state index contributed by atoms with van der Waals surface area (Å²) in [7, 11) is 0. The first-order chi connectivity index (χ1) is 10.0. The van der Waals surface area contributed by atoms with E-state index < -0.39 is 23.9 Å². The maximum atomic E-state index is 12.6. The Morgan fingerprint density at radius 1 is 1.27 bits per heavy atom. The maximum absolute atomic E-state index is 12.6. The van der Waals surface area contributed by atoms with Gasteiger partial charge in [-0.25, -0.2) is 0 Å². The van der Waals surface area contributed by atoms with Gasteiger partial charge in [0.2, 0.25) is 0 Å². The van der Waals surface area contributed by atoms with E-state index in [0.29, 0.717) is 12.1 Å². The van der Waals surface area contributed by atoms with Crippen LogP contribution in [0.3, 0.4) is 0 Å². The van der Waals surface area contributed by atoms with E-state index in [9.17, 15) is 28.2 Å². The van der Waals surface area contributed by atoms with E-state index in [1.807, 2.05) is 0 Å². The molecule has 0 aliphatic rings. The Morgan fingerprint density at radius 3 is 2.18 bits per heavy atom. The average molecular weight is 377 g/mol. The fourth-order valence-corrected chi connectivity index (χ4v) is 3.06. The van der Waals surface area contributed by atoms with Gasteiger partial charge in [0.15, 0.2) is 5.12 Å². The van der Waals surface area contributed by atoms with Gasteiger partial charge in [0, 0.05) is 28.3 Å². The molecule has 124 valence electrons. The van der Waals surface area contributed by atoms with Crippen LogP contribution in [-0.2, 0) is 11.0 Å². The monoisotopic (exact) mass is 376 g/mol. The molecule has 0 saturated heterocycles. The standard InChI is InChI=1S/C13H13Cl2F3O3S/c1-6(19)22-3-2-10(20)12(21)11-8(14)4-7(5-9(11)15)13(16,17)18/h4-5,10,12,20-21H,2-3H2,1H3. The van der Waals surface area contributed by atoms with Crippen molar-refractivity contribution in [3.8, 4) is 0 Å². The second kappa shape index (κ2) is 7.88. The molecule has 0 fully saturated rings. The highest BCUT2D eigenvalue weighted by Gasteiger charge is 2.33. The molecule has 1 aromatic carbocycles. The molecule has 0 bridgehead atoms. The summed E-state index contributed by atoms with van der Waals surface area (Å²) in [6.07, 6.45) is -7.42. The van der Waals surface area contributed by atoms with Crippen LogP contribution < -0.4 is 0 Å². The maximum Gasteiger partial charge on any atom is 0.416 e. The average Bonchev–Trinajstić information content (AvgIpc) is 2.35. The number of carbonyl (C=O) groups excluding carboxylic acids is 1. The van der Waals surface area contributed by atoms with Crippen molar-refractivity contribution in [2.24, 2.45) is 0 Å². The molecular weight excluding hydrogens is 364 g/mol. The lowest BCUT2D eigenvalue weighted by molar-refractivity contribution is -0.137. The number of hydrogen-bond acceptors (Lipinski definition) is 4. The zero-order valence-corrected chi connectivity index (χ0v) is 13.7. The zero-order valence-electron chi connectivity index (χ0n) is 11.3. The van der Waals surface area contributed by atoms with Gasteiger partial charge in [0.1, 0.15) is 6.10 Å². The molecule has 2 atom stereocenters. The van der Waals surface area contributed by atoms with Gasteiger partial charge in [-0.1, -0.05) is 35.0 Å². The van der Waals surface area contributed by atoms with Gasteiger partial charge < -0.3 is 10.2 Å². The number of benzene rings is 1. The molecule has 0 aliphatic carbocycles. The molecule has 1 rings (SSSR count). The van der Waals surface area contributed by atoms with Crippen molar-refractivity contribution in [2.45, 2.75) is 31.7 Å². The van der Waals surface area contributed by atoms with E-state index in [1.54, 1.807) is 0 Å². The minimum atomic E-state index is -4.62. The number of halogens is 5. The lowest BCUT2D eigenvalue weighted by Crippen LogP contribution is -2.20. The van der Waals surface area contributed by atoms with Crippen LogP contribution in [0, 0.1) is 0 Å². The number of alkyl halides is 3. The molecule has 22 heavy (non-hydrogen) atoms. The predicted octanol–water partition coefficient (Wildman–Crippen LogP) is 4.08. The second-order valence-electron chi connectivity index (χ2n) is 4.49. The highest BCUT2D eigenvalue weighted by atomic mass is 35.5. The Bertz CT molecular complexity index is 529. The molecule has 1 aromatic rings. The summed E-state index contributed by atoms with van der Waals surface area (Å²) in [5.74, 6) is 0.253. The van der Waals surface area contributed by atoms with Crippen LogP contribution in [-0.4, -0.2) is 27.2 Å². The van der Waals surface area contributed by atoms with Crippen molar-refractivity contribution in [2.75, 3.05) is 5.75 Å². The summed E-state index contributed by atoms with van der Waals surface area (Å²) in [5.41, 5.74) is -1.21. The predicted molar refractivity (Wildman–Crippen MR) is 80.2 cm³/mol. The summed E-state index contributed by atoms with van der Waals surface area (Å²) >= 11 is 12.5. The number of carbonyl (C=O) groups is 1. The van der Waals surface area contributed by atoms with E-state index in [1.165, 1.54) is 6.92 Å². The first kappa shape index (κ1) is 19.6. The lowest BCUT2D eigenvalue weighted by atomic mass is 10.0. The highest BCUT2D eigenvalue weighted by Crippen LogP contribution is 2.39. The van der Waals surface area contributed by atoms with Crippen molar-refractivity contribution in [1.82, 2.24) is 0 Å². The Labute approximate surface area is 139 Å². The van der Waals surface area contributed by atoms with Crippen LogP contribution in [0.5, 0.6) is 0 Å². The van der Waals surface area contributed by atoms with Gasteiger partial charge in [-0.3, -0.25) is 4.79 Å². The molecule has 9 heteroatoms. The number of hydrogen-bond donors (Lipinski definition) is 2. The van der Waals surface area contributed by atoms with Crippen molar-refractivity contribution in [3.63, 3.8) is 0 Å². The Balaban J connectivity index is 2.94. The Morgan fingerprint density at radius 2 is 1.77 bits per heavy atom. The fraction of sp³-hybridized carbons (Fsp3) is 0.462. The number of thioether (sulfide) groups is 1. The van der Waals surface area contributed by atoms with E-state index >= 15 is 0 Å².